The van der Waals surface area contributed by atoms with Gasteiger partial charge in [-0.2, -0.15) is 18.3 Å². The maximum absolute atomic E-state index is 13.3. The van der Waals surface area contributed by atoms with Crippen LogP contribution in [0.1, 0.15) is 18.4 Å². The minimum Gasteiger partial charge on any atom is -0.368 e. The highest BCUT2D eigenvalue weighted by atomic mass is 19.4. The third-order valence-corrected chi connectivity index (χ3v) is 6.60. The summed E-state index contributed by atoms with van der Waals surface area (Å²) in [6, 6.07) is 10.9. The van der Waals surface area contributed by atoms with Gasteiger partial charge in [0.05, 0.1) is 11.5 Å². The van der Waals surface area contributed by atoms with Crippen molar-refractivity contribution in [1.29, 1.82) is 0 Å². The second-order valence-corrected chi connectivity index (χ2v) is 8.85. The van der Waals surface area contributed by atoms with Crippen molar-refractivity contribution < 1.29 is 18.0 Å². The lowest BCUT2D eigenvalue weighted by atomic mass is 9.96. The first-order valence-corrected chi connectivity index (χ1v) is 11.7. The van der Waals surface area contributed by atoms with Crippen LogP contribution in [0.2, 0.25) is 0 Å². The van der Waals surface area contributed by atoms with E-state index in [-0.39, 0.29) is 11.8 Å². The van der Waals surface area contributed by atoms with Crippen LogP contribution in [0.25, 0.3) is 5.82 Å². The summed E-state index contributed by atoms with van der Waals surface area (Å²) in [5.74, 6) is 1.31. The first-order valence-electron chi connectivity index (χ1n) is 11.7. The van der Waals surface area contributed by atoms with Crippen LogP contribution < -0.4 is 9.80 Å². The summed E-state index contributed by atoms with van der Waals surface area (Å²) in [4.78, 5) is 19.1. The van der Waals surface area contributed by atoms with E-state index < -0.39 is 11.7 Å². The Labute approximate surface area is 201 Å². The van der Waals surface area contributed by atoms with Gasteiger partial charge in [-0.3, -0.25) is 4.79 Å². The zero-order valence-electron chi connectivity index (χ0n) is 19.1. The Morgan fingerprint density at radius 1 is 0.914 bits per heavy atom. The summed E-state index contributed by atoms with van der Waals surface area (Å²) in [5.41, 5.74) is -0.121. The molecular formula is C24H26F3N7O. The van der Waals surface area contributed by atoms with Crippen molar-refractivity contribution >= 4 is 17.4 Å². The topological polar surface area (TPSA) is 70.4 Å². The highest BCUT2D eigenvalue weighted by molar-refractivity contribution is 5.80. The first kappa shape index (κ1) is 23.1. The Bertz CT molecular complexity index is 1140. The molecule has 2 aliphatic rings. The van der Waals surface area contributed by atoms with E-state index in [1.165, 1.54) is 12.1 Å². The fraction of sp³-hybridized carbons (Fsp3) is 0.417. The lowest BCUT2D eigenvalue weighted by Crippen LogP contribution is -2.52. The fourth-order valence-electron chi connectivity index (χ4n) is 4.72. The van der Waals surface area contributed by atoms with Crippen LogP contribution in [0.3, 0.4) is 0 Å². The van der Waals surface area contributed by atoms with E-state index in [0.717, 1.165) is 31.3 Å². The molecule has 0 radical (unpaired) electrons. The SMILES string of the molecule is O=C([C@@H]1CCCN(c2ccc(-n3cccn3)nn2)C1)N1CCN(c2cccc(C(F)(F)F)c2)CC1. The van der Waals surface area contributed by atoms with Gasteiger partial charge < -0.3 is 14.7 Å². The molecule has 0 spiro atoms. The zero-order chi connectivity index (χ0) is 24.4. The van der Waals surface area contributed by atoms with E-state index in [2.05, 4.69) is 20.2 Å². The van der Waals surface area contributed by atoms with Crippen LogP contribution >= 0.6 is 0 Å². The molecule has 2 aromatic heterocycles. The highest BCUT2D eigenvalue weighted by Gasteiger charge is 2.33. The molecule has 0 N–H and O–H groups in total. The molecule has 0 saturated carbocycles. The summed E-state index contributed by atoms with van der Waals surface area (Å²) < 4.78 is 40.8. The van der Waals surface area contributed by atoms with Gasteiger partial charge >= 0.3 is 6.18 Å². The van der Waals surface area contributed by atoms with Crippen molar-refractivity contribution in [2.45, 2.75) is 19.0 Å². The van der Waals surface area contributed by atoms with Crippen molar-refractivity contribution in [3.63, 3.8) is 0 Å². The van der Waals surface area contributed by atoms with E-state index in [4.69, 9.17) is 0 Å². The van der Waals surface area contributed by atoms with E-state index in [9.17, 15) is 18.0 Å². The van der Waals surface area contributed by atoms with Gasteiger partial charge in [0.1, 0.15) is 0 Å². The number of carbonyl (C=O) groups excluding carboxylic acids is 1. The van der Waals surface area contributed by atoms with Gasteiger partial charge in [0.15, 0.2) is 11.6 Å². The quantitative estimate of drug-likeness (QED) is 0.565. The average molecular weight is 486 g/mol. The molecule has 2 fully saturated rings. The average Bonchev–Trinajstić information content (AvgIpc) is 3.43. The molecule has 11 heteroatoms. The number of piperazine rings is 1. The molecule has 35 heavy (non-hydrogen) atoms. The van der Waals surface area contributed by atoms with Crippen molar-refractivity contribution in [3.05, 3.63) is 60.4 Å². The van der Waals surface area contributed by atoms with Crippen LogP contribution in [0.5, 0.6) is 0 Å². The van der Waals surface area contributed by atoms with Gasteiger partial charge in [-0.1, -0.05) is 6.07 Å². The molecular weight excluding hydrogens is 459 g/mol. The summed E-state index contributed by atoms with van der Waals surface area (Å²) in [6.45, 7) is 3.37. The molecule has 1 amide bonds. The zero-order valence-corrected chi connectivity index (χ0v) is 19.1. The molecule has 5 rings (SSSR count). The summed E-state index contributed by atoms with van der Waals surface area (Å²) in [5, 5.41) is 12.7. The van der Waals surface area contributed by atoms with Gasteiger partial charge in [0.2, 0.25) is 5.91 Å². The molecule has 3 aromatic rings. The monoisotopic (exact) mass is 485 g/mol. The third kappa shape index (κ3) is 5.08. The Hall–Kier alpha value is -3.63. The second kappa shape index (κ2) is 9.55. The number of rotatable bonds is 4. The molecule has 0 aliphatic carbocycles. The number of amides is 1. The second-order valence-electron chi connectivity index (χ2n) is 8.85. The summed E-state index contributed by atoms with van der Waals surface area (Å²) >= 11 is 0. The van der Waals surface area contributed by atoms with Crippen molar-refractivity contribution in [3.8, 4) is 5.82 Å². The van der Waals surface area contributed by atoms with Crippen LogP contribution in [0.15, 0.2) is 54.9 Å². The van der Waals surface area contributed by atoms with E-state index >= 15 is 0 Å². The number of alkyl halides is 3. The lowest BCUT2D eigenvalue weighted by molar-refractivity contribution is -0.137. The minimum absolute atomic E-state index is 0.0968. The normalized spacial score (nSPS) is 19.2. The molecule has 1 aromatic carbocycles. The fourth-order valence-corrected chi connectivity index (χ4v) is 4.72. The van der Waals surface area contributed by atoms with Crippen LogP contribution in [0.4, 0.5) is 24.7 Å². The standard InChI is InChI=1S/C24H26F3N7O/c25-24(26,27)19-5-1-6-20(16-19)31-12-14-32(15-13-31)23(35)18-4-2-10-33(17-18)21-7-8-22(30-29-21)34-11-3-9-28-34/h1,3,5-9,11,16,18H,2,4,10,12-15,17H2/t18-/m1/s1. The maximum atomic E-state index is 13.3. The number of anilines is 2. The van der Waals surface area contributed by atoms with E-state index in [0.29, 0.717) is 44.2 Å². The Balaban J connectivity index is 1.18. The number of hydrogen-bond acceptors (Lipinski definition) is 6. The molecule has 1 atom stereocenters. The third-order valence-electron chi connectivity index (χ3n) is 6.60. The largest absolute Gasteiger partial charge is 0.416 e. The number of nitrogens with zero attached hydrogens (tertiary/aromatic N) is 7. The lowest BCUT2D eigenvalue weighted by Gasteiger charge is -2.40. The predicted octanol–water partition coefficient (Wildman–Crippen LogP) is 3.25. The van der Waals surface area contributed by atoms with E-state index in [1.54, 1.807) is 23.1 Å². The summed E-state index contributed by atoms with van der Waals surface area (Å²) in [7, 11) is 0. The number of halogens is 3. The van der Waals surface area contributed by atoms with Crippen molar-refractivity contribution in [2.24, 2.45) is 5.92 Å². The van der Waals surface area contributed by atoms with Gasteiger partial charge in [-0.15, -0.1) is 10.2 Å². The highest BCUT2D eigenvalue weighted by Crippen LogP contribution is 2.32. The van der Waals surface area contributed by atoms with Gasteiger partial charge in [0.25, 0.3) is 0 Å². The van der Waals surface area contributed by atoms with Crippen LogP contribution in [-0.4, -0.2) is 70.1 Å². The Morgan fingerprint density at radius 3 is 2.37 bits per heavy atom. The molecule has 2 aliphatic heterocycles. The Kier molecular flexibility index (Phi) is 6.31. The van der Waals surface area contributed by atoms with Crippen LogP contribution in [0, 0.1) is 5.92 Å². The predicted molar refractivity (Wildman–Crippen MR) is 124 cm³/mol. The molecule has 2 saturated heterocycles. The number of benzene rings is 1. The van der Waals surface area contributed by atoms with Gasteiger partial charge in [-0.25, -0.2) is 4.68 Å². The number of hydrogen-bond donors (Lipinski definition) is 0. The molecule has 0 unspecified atom stereocenters. The Morgan fingerprint density at radius 2 is 1.69 bits per heavy atom. The first-order chi connectivity index (χ1) is 16.9. The van der Waals surface area contributed by atoms with Crippen molar-refractivity contribution in [2.75, 3.05) is 49.1 Å². The van der Waals surface area contributed by atoms with Crippen LogP contribution in [-0.2, 0) is 11.0 Å². The molecule has 184 valence electrons. The van der Waals surface area contributed by atoms with Crippen molar-refractivity contribution in [1.82, 2.24) is 24.9 Å². The molecule has 8 nitrogen and oxygen atoms in total. The summed E-state index contributed by atoms with van der Waals surface area (Å²) in [6.07, 6.45) is 0.789. The van der Waals surface area contributed by atoms with Gasteiger partial charge in [-0.05, 0) is 49.2 Å². The number of carbonyl (C=O) groups is 1. The smallest absolute Gasteiger partial charge is 0.368 e. The van der Waals surface area contributed by atoms with E-state index in [1.807, 2.05) is 28.0 Å². The van der Waals surface area contributed by atoms with Gasteiger partial charge in [0, 0.05) is 57.3 Å². The maximum Gasteiger partial charge on any atom is 0.416 e. The number of aromatic nitrogens is 4. The number of piperidine rings is 1. The molecule has 0 bridgehead atoms. The molecule has 4 heterocycles. The minimum atomic E-state index is -4.37.